The maximum Gasteiger partial charge on any atom is 0.404 e. The Morgan fingerprint density at radius 2 is 1.43 bits per heavy atom. The van der Waals surface area contributed by atoms with Crippen molar-refractivity contribution in [1.29, 1.82) is 0 Å². The molecule has 0 aliphatic rings. The fraction of sp³-hybridized carbons (Fsp3) is 1.00. The molecule has 1 atom stereocenters. The number of alkyl halides is 6. The van der Waals surface area contributed by atoms with Gasteiger partial charge in [-0.25, -0.2) is 4.39 Å². The third kappa shape index (κ3) is 3.31. The van der Waals surface area contributed by atoms with E-state index in [0.29, 0.717) is 0 Å². The number of rotatable bonds is 3. The highest BCUT2D eigenvalue weighted by Gasteiger charge is 2.57. The second kappa shape index (κ2) is 3.55. The van der Waals surface area contributed by atoms with Crippen LogP contribution in [0, 0.1) is 0 Å². The van der Waals surface area contributed by atoms with Crippen LogP contribution in [0.2, 0.25) is 0 Å². The topological polar surface area (TPSA) is 34.1 Å². The fourth-order valence-corrected chi connectivity index (χ4v) is 0.864. The summed E-state index contributed by atoms with van der Waals surface area (Å²) in [5.74, 6) is 0. The molecule has 0 N–H and O–H groups in total. The van der Waals surface area contributed by atoms with Crippen LogP contribution in [-0.2, 0) is 10.2 Å². The van der Waals surface area contributed by atoms with Crippen LogP contribution in [0.15, 0.2) is 0 Å². The highest BCUT2D eigenvalue weighted by atomic mass is 32.3. The van der Waals surface area contributed by atoms with Gasteiger partial charge in [-0.15, -0.1) is 0 Å². The minimum Gasteiger partial charge on any atom is -0.239 e. The van der Waals surface area contributed by atoms with Gasteiger partial charge in [-0.2, -0.15) is 30.4 Å². The van der Waals surface area contributed by atoms with Crippen molar-refractivity contribution in [3.63, 3.8) is 0 Å². The van der Waals surface area contributed by atoms with Gasteiger partial charge in [0.1, 0.15) is 0 Å². The summed E-state index contributed by atoms with van der Waals surface area (Å²) in [6, 6.07) is 0. The molecule has 1 unspecified atom stereocenters. The van der Waals surface area contributed by atoms with Crippen LogP contribution >= 0.6 is 0 Å². The van der Waals surface area contributed by atoms with Gasteiger partial charge in [0.25, 0.3) is 0 Å². The average molecular weight is 248 g/mol. The van der Waals surface area contributed by atoms with Crippen LogP contribution in [0.5, 0.6) is 0 Å². The Kier molecular flexibility index (Phi) is 3.42. The standard InChI is InChI=1S/C4H3F7O2S/c5-2(1-3(6,7)8)4(9,10)14(11,12)13/h2H,1H2. The Bertz CT molecular complexity index is 291. The van der Waals surface area contributed by atoms with Crippen LogP contribution in [0.3, 0.4) is 0 Å². The number of halogens is 7. The summed E-state index contributed by atoms with van der Waals surface area (Å²) in [6.07, 6.45) is -12.2. The second-order valence-electron chi connectivity index (χ2n) is 2.29. The van der Waals surface area contributed by atoms with Crippen molar-refractivity contribution >= 4 is 10.2 Å². The van der Waals surface area contributed by atoms with Gasteiger partial charge < -0.3 is 0 Å². The van der Waals surface area contributed by atoms with Crippen molar-refractivity contribution < 1.29 is 38.6 Å². The molecule has 14 heavy (non-hydrogen) atoms. The third-order valence-corrected chi connectivity index (χ3v) is 2.01. The summed E-state index contributed by atoms with van der Waals surface area (Å²) >= 11 is 0. The van der Waals surface area contributed by atoms with Crippen LogP contribution < -0.4 is 0 Å². The molecule has 0 radical (unpaired) electrons. The van der Waals surface area contributed by atoms with Gasteiger partial charge in [0.05, 0.1) is 6.42 Å². The normalized spacial score (nSPS) is 16.8. The monoisotopic (exact) mass is 248 g/mol. The van der Waals surface area contributed by atoms with Gasteiger partial charge in [0.15, 0.2) is 6.17 Å². The Labute approximate surface area is 73.9 Å². The van der Waals surface area contributed by atoms with Crippen molar-refractivity contribution in [2.75, 3.05) is 0 Å². The maximum absolute atomic E-state index is 12.1. The van der Waals surface area contributed by atoms with E-state index in [1.165, 1.54) is 0 Å². The summed E-state index contributed by atoms with van der Waals surface area (Å²) in [6.45, 7) is 0. The second-order valence-corrected chi connectivity index (χ2v) is 3.71. The first kappa shape index (κ1) is 13.5. The van der Waals surface area contributed by atoms with Crippen LogP contribution in [0.4, 0.5) is 30.2 Å². The predicted octanol–water partition coefficient (Wildman–Crippen LogP) is 2.17. The van der Waals surface area contributed by atoms with Crippen LogP contribution in [-0.4, -0.2) is 26.0 Å². The van der Waals surface area contributed by atoms with E-state index in [9.17, 15) is 38.6 Å². The molecule has 0 aromatic rings. The molecule has 0 aliphatic carbocycles. The lowest BCUT2D eigenvalue weighted by Gasteiger charge is -2.17. The van der Waals surface area contributed by atoms with E-state index in [0.717, 1.165) is 0 Å². The minimum atomic E-state index is -6.68. The lowest BCUT2D eigenvalue weighted by molar-refractivity contribution is -0.163. The zero-order chi connectivity index (χ0) is 11.8. The first-order valence-corrected chi connectivity index (χ1v) is 4.29. The highest BCUT2D eigenvalue weighted by molar-refractivity contribution is 7.87. The van der Waals surface area contributed by atoms with E-state index in [-0.39, 0.29) is 0 Å². The molecule has 0 saturated carbocycles. The summed E-state index contributed by atoms with van der Waals surface area (Å²) in [5, 5.41) is -5.68. The molecule has 0 amide bonds. The largest absolute Gasteiger partial charge is 0.404 e. The lowest BCUT2D eigenvalue weighted by Crippen LogP contribution is -2.39. The summed E-state index contributed by atoms with van der Waals surface area (Å²) in [5.41, 5.74) is 0. The van der Waals surface area contributed by atoms with Crippen molar-refractivity contribution in [2.45, 2.75) is 24.0 Å². The molecule has 2 nitrogen and oxygen atoms in total. The van der Waals surface area contributed by atoms with Crippen molar-refractivity contribution in [3.05, 3.63) is 0 Å². The summed E-state index contributed by atoms with van der Waals surface area (Å²) < 4.78 is 101. The Balaban J connectivity index is 4.79. The van der Waals surface area contributed by atoms with Crippen LogP contribution in [0.25, 0.3) is 0 Å². The molecular weight excluding hydrogens is 245 g/mol. The molecular formula is C4H3F7O2S. The first-order valence-electron chi connectivity index (χ1n) is 2.91. The average Bonchev–Trinajstić information content (AvgIpc) is 1.80. The number of hydrogen-bond donors (Lipinski definition) is 0. The molecule has 0 rings (SSSR count). The van der Waals surface area contributed by atoms with E-state index in [1.54, 1.807) is 0 Å². The molecule has 0 fully saturated rings. The summed E-state index contributed by atoms with van der Waals surface area (Å²) in [7, 11) is -6.68. The molecule has 0 aromatic carbocycles. The Morgan fingerprint density at radius 1 is 1.07 bits per heavy atom. The Hall–Kier alpha value is -0.540. The summed E-state index contributed by atoms with van der Waals surface area (Å²) in [4.78, 5) is 0. The van der Waals surface area contributed by atoms with Gasteiger partial charge >= 0.3 is 21.7 Å². The SMILES string of the molecule is O=S(=O)(F)C(F)(F)C(F)CC(F)(F)F. The van der Waals surface area contributed by atoms with E-state index in [1.807, 2.05) is 0 Å². The smallest absolute Gasteiger partial charge is 0.239 e. The Morgan fingerprint density at radius 3 is 1.64 bits per heavy atom. The van der Waals surface area contributed by atoms with Gasteiger partial charge in [-0.05, 0) is 0 Å². The van der Waals surface area contributed by atoms with Crippen LogP contribution in [0.1, 0.15) is 6.42 Å². The van der Waals surface area contributed by atoms with Crippen molar-refractivity contribution in [2.24, 2.45) is 0 Å². The van der Waals surface area contributed by atoms with Gasteiger partial charge in [-0.1, -0.05) is 3.89 Å². The third-order valence-electron chi connectivity index (χ3n) is 1.10. The molecule has 0 bridgehead atoms. The molecule has 0 saturated heterocycles. The predicted molar refractivity (Wildman–Crippen MR) is 30.5 cm³/mol. The lowest BCUT2D eigenvalue weighted by atomic mass is 10.3. The van der Waals surface area contributed by atoms with Gasteiger partial charge in [0.2, 0.25) is 0 Å². The van der Waals surface area contributed by atoms with E-state index in [4.69, 9.17) is 0 Å². The molecule has 10 heteroatoms. The van der Waals surface area contributed by atoms with Gasteiger partial charge in [-0.3, -0.25) is 0 Å². The first-order chi connectivity index (χ1) is 5.88. The molecule has 0 aromatic heterocycles. The molecule has 0 spiro atoms. The quantitative estimate of drug-likeness (QED) is 0.566. The molecule has 86 valence electrons. The maximum atomic E-state index is 12.1. The van der Waals surface area contributed by atoms with Gasteiger partial charge in [0, 0.05) is 0 Å². The van der Waals surface area contributed by atoms with Crippen molar-refractivity contribution in [1.82, 2.24) is 0 Å². The fourth-order valence-electron chi connectivity index (χ4n) is 0.475. The number of hydrogen-bond acceptors (Lipinski definition) is 2. The van der Waals surface area contributed by atoms with E-state index < -0.39 is 34.2 Å². The minimum absolute atomic E-state index is 2.73. The zero-order valence-corrected chi connectivity index (χ0v) is 6.97. The van der Waals surface area contributed by atoms with E-state index >= 15 is 0 Å². The van der Waals surface area contributed by atoms with Crippen molar-refractivity contribution in [3.8, 4) is 0 Å². The van der Waals surface area contributed by atoms with E-state index in [2.05, 4.69) is 0 Å². The molecule has 0 aliphatic heterocycles. The molecule has 0 heterocycles. The highest BCUT2D eigenvalue weighted by Crippen LogP contribution is 2.36. The zero-order valence-electron chi connectivity index (χ0n) is 6.15.